The van der Waals surface area contributed by atoms with Gasteiger partial charge >= 0.3 is 0 Å². The second-order valence-electron chi connectivity index (χ2n) is 6.44. The van der Waals surface area contributed by atoms with E-state index in [0.29, 0.717) is 32.3 Å². The Bertz CT molecular complexity index is 590. The van der Waals surface area contributed by atoms with Crippen LogP contribution in [0.5, 0.6) is 5.75 Å². The lowest BCUT2D eigenvalue weighted by molar-refractivity contribution is -0.127. The summed E-state index contributed by atoms with van der Waals surface area (Å²) < 4.78 is 11.2. The van der Waals surface area contributed by atoms with E-state index in [9.17, 15) is 4.79 Å². The number of benzene rings is 1. The van der Waals surface area contributed by atoms with Crippen molar-refractivity contribution in [2.75, 3.05) is 60.6 Å². The standard InChI is InChI=1S/C20H34N4O3/c1-6-26-14-9-12-21-20(22-16-19(25)23(3)4)24(5)13-15-27-18-11-8-7-10-17(18)2/h7-8,10-11H,6,9,12-16H2,1-5H3,(H,21,22). The molecular formula is C20H34N4O3. The number of guanidine groups is 1. The van der Waals surface area contributed by atoms with Gasteiger partial charge in [-0.1, -0.05) is 18.2 Å². The fourth-order valence-electron chi connectivity index (χ4n) is 2.23. The number of likely N-dealkylation sites (N-methyl/N-ethyl adjacent to an activating group) is 2. The monoisotopic (exact) mass is 378 g/mol. The van der Waals surface area contributed by atoms with E-state index in [4.69, 9.17) is 9.47 Å². The number of aryl methyl sites for hydroxylation is 1. The van der Waals surface area contributed by atoms with Crippen molar-refractivity contribution in [3.63, 3.8) is 0 Å². The summed E-state index contributed by atoms with van der Waals surface area (Å²) in [7, 11) is 5.40. The normalized spacial score (nSPS) is 11.2. The van der Waals surface area contributed by atoms with Gasteiger partial charge in [0, 0.05) is 40.9 Å². The highest BCUT2D eigenvalue weighted by molar-refractivity contribution is 5.84. The third-order valence-electron chi connectivity index (χ3n) is 3.96. The van der Waals surface area contributed by atoms with Crippen LogP contribution >= 0.6 is 0 Å². The number of nitrogens with one attached hydrogen (secondary N) is 1. The molecule has 0 aliphatic heterocycles. The molecule has 0 saturated carbocycles. The first-order valence-electron chi connectivity index (χ1n) is 9.41. The van der Waals surface area contributed by atoms with Crippen molar-refractivity contribution >= 4 is 11.9 Å². The number of nitrogens with zero attached hydrogens (tertiary/aromatic N) is 3. The summed E-state index contributed by atoms with van der Waals surface area (Å²) in [5.74, 6) is 1.54. The van der Waals surface area contributed by atoms with Crippen molar-refractivity contribution in [1.82, 2.24) is 15.1 Å². The zero-order valence-corrected chi connectivity index (χ0v) is 17.3. The van der Waals surface area contributed by atoms with Crippen molar-refractivity contribution in [2.24, 2.45) is 4.99 Å². The second-order valence-corrected chi connectivity index (χ2v) is 6.44. The molecule has 1 aromatic rings. The van der Waals surface area contributed by atoms with Crippen LogP contribution in [0.2, 0.25) is 0 Å². The van der Waals surface area contributed by atoms with Gasteiger partial charge in [-0.15, -0.1) is 0 Å². The van der Waals surface area contributed by atoms with Gasteiger partial charge < -0.3 is 24.6 Å². The minimum atomic E-state index is -0.0341. The van der Waals surface area contributed by atoms with Gasteiger partial charge in [-0.05, 0) is 31.9 Å². The molecule has 0 bridgehead atoms. The number of carbonyl (C=O) groups is 1. The molecule has 0 aromatic heterocycles. The van der Waals surface area contributed by atoms with Gasteiger partial charge in [0.25, 0.3) is 0 Å². The van der Waals surface area contributed by atoms with Gasteiger partial charge in [-0.2, -0.15) is 0 Å². The van der Waals surface area contributed by atoms with E-state index in [0.717, 1.165) is 24.3 Å². The van der Waals surface area contributed by atoms with Gasteiger partial charge in [0.05, 0.1) is 6.54 Å². The molecular weight excluding hydrogens is 344 g/mol. The molecule has 0 heterocycles. The predicted molar refractivity (Wildman–Crippen MR) is 109 cm³/mol. The first-order valence-corrected chi connectivity index (χ1v) is 9.41. The van der Waals surface area contributed by atoms with Crippen molar-refractivity contribution in [2.45, 2.75) is 20.3 Å². The minimum Gasteiger partial charge on any atom is -0.491 e. The van der Waals surface area contributed by atoms with E-state index in [-0.39, 0.29) is 12.5 Å². The number of hydrogen-bond acceptors (Lipinski definition) is 4. The van der Waals surface area contributed by atoms with Gasteiger partial charge in [-0.25, -0.2) is 4.99 Å². The molecule has 1 rings (SSSR count). The van der Waals surface area contributed by atoms with Crippen molar-refractivity contribution in [3.8, 4) is 5.75 Å². The zero-order chi connectivity index (χ0) is 20.1. The molecule has 1 N–H and O–H groups in total. The van der Waals surface area contributed by atoms with Crippen LogP contribution in [0.1, 0.15) is 18.9 Å². The van der Waals surface area contributed by atoms with E-state index in [2.05, 4.69) is 10.3 Å². The minimum absolute atomic E-state index is 0.0341. The van der Waals surface area contributed by atoms with Gasteiger partial charge in [0.1, 0.15) is 18.9 Å². The summed E-state index contributed by atoms with van der Waals surface area (Å²) in [6.45, 7) is 7.46. The Balaban J connectivity index is 2.56. The lowest BCUT2D eigenvalue weighted by Gasteiger charge is -2.23. The second kappa shape index (κ2) is 13.0. The Hall–Kier alpha value is -2.28. The first kappa shape index (κ1) is 22.8. The molecule has 7 heteroatoms. The largest absolute Gasteiger partial charge is 0.491 e. The highest BCUT2D eigenvalue weighted by atomic mass is 16.5. The fraction of sp³-hybridized carbons (Fsp3) is 0.600. The van der Waals surface area contributed by atoms with Crippen molar-refractivity contribution in [1.29, 1.82) is 0 Å². The number of para-hydroxylation sites is 1. The van der Waals surface area contributed by atoms with Crippen LogP contribution in [-0.4, -0.2) is 82.3 Å². The average molecular weight is 379 g/mol. The van der Waals surface area contributed by atoms with Crippen LogP contribution in [0.15, 0.2) is 29.3 Å². The Morgan fingerprint density at radius 3 is 2.59 bits per heavy atom. The van der Waals surface area contributed by atoms with E-state index in [1.807, 2.05) is 50.1 Å². The Labute approximate surface area is 163 Å². The van der Waals surface area contributed by atoms with Crippen LogP contribution in [0.3, 0.4) is 0 Å². The predicted octanol–water partition coefficient (Wildman–Crippen LogP) is 1.77. The number of hydrogen-bond donors (Lipinski definition) is 1. The maximum atomic E-state index is 11.8. The van der Waals surface area contributed by atoms with Crippen LogP contribution in [-0.2, 0) is 9.53 Å². The number of carbonyl (C=O) groups excluding carboxylic acids is 1. The van der Waals surface area contributed by atoms with Crippen molar-refractivity contribution < 1.29 is 14.3 Å². The van der Waals surface area contributed by atoms with Crippen LogP contribution in [0, 0.1) is 6.92 Å². The van der Waals surface area contributed by atoms with E-state index >= 15 is 0 Å². The summed E-state index contributed by atoms with van der Waals surface area (Å²) in [4.78, 5) is 19.8. The molecule has 7 nitrogen and oxygen atoms in total. The molecule has 27 heavy (non-hydrogen) atoms. The Morgan fingerprint density at radius 2 is 1.93 bits per heavy atom. The number of ether oxygens (including phenoxy) is 2. The molecule has 0 spiro atoms. The quantitative estimate of drug-likeness (QED) is 0.361. The number of rotatable bonds is 11. The molecule has 0 atom stereocenters. The molecule has 0 radical (unpaired) electrons. The highest BCUT2D eigenvalue weighted by Gasteiger charge is 2.09. The molecule has 1 aromatic carbocycles. The Morgan fingerprint density at radius 1 is 1.19 bits per heavy atom. The fourth-order valence-corrected chi connectivity index (χ4v) is 2.23. The maximum Gasteiger partial charge on any atom is 0.243 e. The molecule has 0 aliphatic carbocycles. The highest BCUT2D eigenvalue weighted by Crippen LogP contribution is 2.15. The first-order chi connectivity index (χ1) is 13.0. The molecule has 0 saturated heterocycles. The average Bonchev–Trinajstić information content (AvgIpc) is 2.65. The summed E-state index contributed by atoms with van der Waals surface area (Å²) >= 11 is 0. The third-order valence-corrected chi connectivity index (χ3v) is 3.96. The number of aliphatic imine (C=N–C) groups is 1. The van der Waals surface area contributed by atoms with Gasteiger partial charge in [0.2, 0.25) is 5.91 Å². The maximum absolute atomic E-state index is 11.8. The Kier molecular flexibility index (Phi) is 10.9. The zero-order valence-electron chi connectivity index (χ0n) is 17.3. The molecule has 152 valence electrons. The number of amides is 1. The smallest absolute Gasteiger partial charge is 0.243 e. The molecule has 0 fully saturated rings. The summed E-state index contributed by atoms with van der Waals surface area (Å²) in [5, 5.41) is 3.30. The van der Waals surface area contributed by atoms with Crippen molar-refractivity contribution in [3.05, 3.63) is 29.8 Å². The van der Waals surface area contributed by atoms with Crippen LogP contribution in [0.4, 0.5) is 0 Å². The van der Waals surface area contributed by atoms with Gasteiger partial charge in [0.15, 0.2) is 5.96 Å². The molecule has 0 aliphatic rings. The van der Waals surface area contributed by atoms with Crippen LogP contribution < -0.4 is 10.1 Å². The lowest BCUT2D eigenvalue weighted by atomic mass is 10.2. The van der Waals surface area contributed by atoms with E-state index in [1.54, 1.807) is 14.1 Å². The summed E-state index contributed by atoms with van der Waals surface area (Å²) in [5.41, 5.74) is 1.11. The van der Waals surface area contributed by atoms with Gasteiger partial charge in [-0.3, -0.25) is 4.79 Å². The third kappa shape index (κ3) is 9.28. The summed E-state index contributed by atoms with van der Waals surface area (Å²) in [6.07, 6.45) is 0.877. The summed E-state index contributed by atoms with van der Waals surface area (Å²) in [6, 6.07) is 7.95. The topological polar surface area (TPSA) is 66.4 Å². The van der Waals surface area contributed by atoms with E-state index < -0.39 is 0 Å². The molecule has 1 amide bonds. The van der Waals surface area contributed by atoms with E-state index in [1.165, 1.54) is 4.90 Å². The SMILES string of the molecule is CCOCCCNC(=NCC(=O)N(C)C)N(C)CCOc1ccccc1C. The molecule has 0 unspecified atom stereocenters. The lowest BCUT2D eigenvalue weighted by Crippen LogP contribution is -2.42. The van der Waals surface area contributed by atoms with Crippen LogP contribution in [0.25, 0.3) is 0 Å².